The van der Waals surface area contributed by atoms with E-state index in [0.717, 1.165) is 42.4 Å². The number of aromatic nitrogens is 1. The van der Waals surface area contributed by atoms with E-state index in [2.05, 4.69) is 10.3 Å². The maximum absolute atomic E-state index is 10.5. The predicted molar refractivity (Wildman–Crippen MR) is 73.9 cm³/mol. The van der Waals surface area contributed by atoms with Crippen molar-refractivity contribution >= 4 is 22.5 Å². The Bertz CT molecular complexity index is 546. The van der Waals surface area contributed by atoms with Crippen LogP contribution in [0.25, 0.3) is 10.9 Å². The molecule has 3 N–H and O–H groups in total. The van der Waals surface area contributed by atoms with E-state index in [1.165, 1.54) is 0 Å². The van der Waals surface area contributed by atoms with Gasteiger partial charge in [0, 0.05) is 27.7 Å². The molecule has 0 bridgehead atoms. The van der Waals surface area contributed by atoms with Crippen LogP contribution in [0.5, 0.6) is 0 Å². The zero-order chi connectivity index (χ0) is 12.5. The molecule has 4 heteroatoms. The number of piperidine rings is 1. The minimum Gasteiger partial charge on any atom is -0.388 e. The summed E-state index contributed by atoms with van der Waals surface area (Å²) in [7, 11) is 0. The number of benzene rings is 1. The third-order valence-electron chi connectivity index (χ3n) is 3.82. The van der Waals surface area contributed by atoms with Gasteiger partial charge in [0.2, 0.25) is 0 Å². The second kappa shape index (κ2) is 4.92. The molecule has 1 unspecified atom stereocenters. The van der Waals surface area contributed by atoms with Gasteiger partial charge in [0.1, 0.15) is 0 Å². The molecular formula is C14H17ClN2O. The highest BCUT2D eigenvalue weighted by Gasteiger charge is 2.24. The fourth-order valence-electron chi connectivity index (χ4n) is 2.78. The summed E-state index contributed by atoms with van der Waals surface area (Å²) in [5.41, 5.74) is 1.99. The van der Waals surface area contributed by atoms with Gasteiger partial charge in [-0.1, -0.05) is 17.7 Å². The van der Waals surface area contributed by atoms with Gasteiger partial charge in [-0.2, -0.15) is 0 Å². The number of rotatable bonds is 2. The molecule has 0 saturated carbocycles. The first-order valence-corrected chi connectivity index (χ1v) is 6.79. The fraction of sp³-hybridized carbons (Fsp3) is 0.429. The van der Waals surface area contributed by atoms with Crippen LogP contribution in [0, 0.1) is 5.92 Å². The fourth-order valence-corrected chi connectivity index (χ4v) is 2.95. The summed E-state index contributed by atoms with van der Waals surface area (Å²) in [6.45, 7) is 1.99. The van der Waals surface area contributed by atoms with Gasteiger partial charge in [-0.15, -0.1) is 0 Å². The smallest absolute Gasteiger partial charge is 0.0839 e. The number of hydrogen-bond donors (Lipinski definition) is 3. The van der Waals surface area contributed by atoms with Gasteiger partial charge in [0.15, 0.2) is 0 Å². The number of fused-ring (bicyclic) bond motifs is 1. The molecule has 1 aromatic heterocycles. The van der Waals surface area contributed by atoms with E-state index in [1.807, 2.05) is 24.4 Å². The number of nitrogens with one attached hydrogen (secondary N) is 2. The highest BCUT2D eigenvalue weighted by atomic mass is 35.5. The Kier molecular flexibility index (Phi) is 3.29. The largest absolute Gasteiger partial charge is 0.388 e. The lowest BCUT2D eigenvalue weighted by molar-refractivity contribution is 0.0902. The maximum atomic E-state index is 10.5. The molecule has 1 aliphatic rings. The van der Waals surface area contributed by atoms with Crippen molar-refractivity contribution in [3.63, 3.8) is 0 Å². The Balaban J connectivity index is 1.93. The van der Waals surface area contributed by atoms with Crippen molar-refractivity contribution in [3.8, 4) is 0 Å². The van der Waals surface area contributed by atoms with Crippen LogP contribution in [0.3, 0.4) is 0 Å². The highest BCUT2D eigenvalue weighted by Crippen LogP contribution is 2.33. The molecule has 3 rings (SSSR count). The first kappa shape index (κ1) is 12.0. The van der Waals surface area contributed by atoms with Crippen LogP contribution < -0.4 is 5.32 Å². The maximum Gasteiger partial charge on any atom is 0.0839 e. The van der Waals surface area contributed by atoms with Crippen LogP contribution in [-0.4, -0.2) is 23.2 Å². The molecule has 1 saturated heterocycles. The van der Waals surface area contributed by atoms with Gasteiger partial charge >= 0.3 is 0 Å². The number of hydrogen-bond acceptors (Lipinski definition) is 2. The third-order valence-corrected chi connectivity index (χ3v) is 4.06. The Morgan fingerprint density at radius 1 is 1.28 bits per heavy atom. The molecule has 1 fully saturated rings. The van der Waals surface area contributed by atoms with Gasteiger partial charge in [-0.05, 0) is 44.0 Å². The van der Waals surface area contributed by atoms with Gasteiger partial charge < -0.3 is 15.4 Å². The number of halogens is 1. The number of aliphatic hydroxyl groups is 1. The third kappa shape index (κ3) is 2.14. The van der Waals surface area contributed by atoms with E-state index in [1.54, 1.807) is 0 Å². The van der Waals surface area contributed by atoms with Crippen molar-refractivity contribution in [1.29, 1.82) is 0 Å². The van der Waals surface area contributed by atoms with Gasteiger partial charge in [-0.3, -0.25) is 0 Å². The minimum absolute atomic E-state index is 0.348. The zero-order valence-electron chi connectivity index (χ0n) is 10.1. The van der Waals surface area contributed by atoms with E-state index < -0.39 is 0 Å². The van der Waals surface area contributed by atoms with Crippen molar-refractivity contribution < 1.29 is 5.11 Å². The van der Waals surface area contributed by atoms with Gasteiger partial charge in [0.05, 0.1) is 6.10 Å². The van der Waals surface area contributed by atoms with Gasteiger partial charge in [-0.25, -0.2) is 0 Å². The van der Waals surface area contributed by atoms with Crippen molar-refractivity contribution in [2.75, 3.05) is 13.1 Å². The van der Waals surface area contributed by atoms with Crippen LogP contribution in [0.4, 0.5) is 0 Å². The normalized spacial score (nSPS) is 19.2. The second-order valence-corrected chi connectivity index (χ2v) is 5.40. The molecule has 0 amide bonds. The highest BCUT2D eigenvalue weighted by molar-refractivity contribution is 6.31. The summed E-state index contributed by atoms with van der Waals surface area (Å²) in [4.78, 5) is 3.19. The van der Waals surface area contributed by atoms with E-state index >= 15 is 0 Å². The van der Waals surface area contributed by atoms with E-state index in [-0.39, 0.29) is 6.10 Å². The van der Waals surface area contributed by atoms with E-state index in [4.69, 9.17) is 11.6 Å². The van der Waals surface area contributed by atoms with E-state index in [9.17, 15) is 5.11 Å². The average Bonchev–Trinajstić information content (AvgIpc) is 2.81. The predicted octanol–water partition coefficient (Wildman–Crippen LogP) is 2.85. The first-order chi connectivity index (χ1) is 8.75. The molecule has 1 aromatic carbocycles. The molecule has 2 heterocycles. The molecule has 0 radical (unpaired) electrons. The molecule has 96 valence electrons. The lowest BCUT2D eigenvalue weighted by Crippen LogP contribution is -2.30. The van der Waals surface area contributed by atoms with Crippen molar-refractivity contribution in [2.24, 2.45) is 5.92 Å². The van der Waals surface area contributed by atoms with Crippen LogP contribution >= 0.6 is 11.6 Å². The van der Waals surface area contributed by atoms with Crippen LogP contribution in [0.1, 0.15) is 24.5 Å². The molecule has 1 aliphatic heterocycles. The summed E-state index contributed by atoms with van der Waals surface area (Å²) < 4.78 is 0. The Hall–Kier alpha value is -1.03. The van der Waals surface area contributed by atoms with E-state index in [0.29, 0.717) is 10.9 Å². The molecule has 0 aliphatic carbocycles. The molecule has 3 nitrogen and oxygen atoms in total. The van der Waals surface area contributed by atoms with Crippen molar-refractivity contribution in [1.82, 2.24) is 10.3 Å². The summed E-state index contributed by atoms with van der Waals surface area (Å²) in [5, 5.41) is 15.6. The van der Waals surface area contributed by atoms with Crippen molar-refractivity contribution in [2.45, 2.75) is 18.9 Å². The Labute approximate surface area is 111 Å². The molecule has 2 aromatic rings. The lowest BCUT2D eigenvalue weighted by atomic mass is 9.88. The SMILES string of the molecule is OC(c1c[nH]c2cc(Cl)ccc12)C1CCNCC1. The standard InChI is InChI=1S/C14H17ClN2O/c15-10-1-2-11-12(8-17-13(11)7-10)14(18)9-3-5-16-6-4-9/h1-2,7-9,14,16-18H,3-6H2. The Morgan fingerprint density at radius 2 is 2.06 bits per heavy atom. The van der Waals surface area contributed by atoms with Crippen molar-refractivity contribution in [3.05, 3.63) is 35.0 Å². The zero-order valence-corrected chi connectivity index (χ0v) is 10.9. The molecular weight excluding hydrogens is 248 g/mol. The molecule has 1 atom stereocenters. The summed E-state index contributed by atoms with van der Waals surface area (Å²) in [6.07, 6.45) is 3.58. The molecule has 18 heavy (non-hydrogen) atoms. The number of aliphatic hydroxyl groups excluding tert-OH is 1. The van der Waals surface area contributed by atoms with Crippen LogP contribution in [0.2, 0.25) is 5.02 Å². The average molecular weight is 265 g/mol. The second-order valence-electron chi connectivity index (χ2n) is 4.97. The van der Waals surface area contributed by atoms with Crippen LogP contribution in [-0.2, 0) is 0 Å². The Morgan fingerprint density at radius 3 is 2.83 bits per heavy atom. The lowest BCUT2D eigenvalue weighted by Gasteiger charge is -2.27. The summed E-state index contributed by atoms with van der Waals surface area (Å²) >= 11 is 5.97. The molecule has 0 spiro atoms. The topological polar surface area (TPSA) is 48.0 Å². The first-order valence-electron chi connectivity index (χ1n) is 6.41. The monoisotopic (exact) mass is 264 g/mol. The minimum atomic E-state index is -0.387. The number of aromatic amines is 1. The summed E-state index contributed by atoms with van der Waals surface area (Å²) in [6, 6.07) is 5.75. The summed E-state index contributed by atoms with van der Waals surface area (Å²) in [5.74, 6) is 0.348. The van der Waals surface area contributed by atoms with Crippen LogP contribution in [0.15, 0.2) is 24.4 Å². The quantitative estimate of drug-likeness (QED) is 0.781. The van der Waals surface area contributed by atoms with Gasteiger partial charge in [0.25, 0.3) is 0 Å². The number of H-pyrrole nitrogens is 1.